The fourth-order valence-electron chi connectivity index (χ4n) is 2.86. The predicted molar refractivity (Wildman–Crippen MR) is 107 cm³/mol. The maximum atomic E-state index is 12.1. The second kappa shape index (κ2) is 8.36. The average Bonchev–Trinajstić information content (AvgIpc) is 2.71. The molecule has 1 amide bonds. The van der Waals surface area contributed by atoms with Gasteiger partial charge in [-0.3, -0.25) is 4.79 Å². The zero-order chi connectivity index (χ0) is 19.2. The smallest absolute Gasteiger partial charge is 0.240 e. The van der Waals surface area contributed by atoms with Crippen LogP contribution >= 0.6 is 0 Å². The summed E-state index contributed by atoms with van der Waals surface area (Å²) in [6.07, 6.45) is 0.943. The molecule has 0 fully saturated rings. The molecule has 2 N–H and O–H groups in total. The van der Waals surface area contributed by atoms with Crippen molar-refractivity contribution in [2.24, 2.45) is 5.10 Å². The molecule has 0 saturated carbocycles. The minimum absolute atomic E-state index is 0.168. The van der Waals surface area contributed by atoms with E-state index in [1.54, 1.807) is 20.1 Å². The first-order chi connectivity index (χ1) is 13.1. The van der Waals surface area contributed by atoms with E-state index >= 15 is 0 Å². The molecule has 27 heavy (non-hydrogen) atoms. The zero-order valence-corrected chi connectivity index (χ0v) is 15.4. The Morgan fingerprint density at radius 1 is 1.07 bits per heavy atom. The number of hydrogen-bond acceptors (Lipinski definition) is 4. The lowest BCUT2D eigenvalue weighted by atomic mass is 10.0. The maximum Gasteiger partial charge on any atom is 0.240 e. The summed E-state index contributed by atoms with van der Waals surface area (Å²) in [5, 5.41) is 16.3. The number of carbonyl (C=O) groups excluding carboxylic acids is 1. The Morgan fingerprint density at radius 3 is 2.56 bits per heavy atom. The number of nitrogens with one attached hydrogen (secondary N) is 1. The Bertz CT molecular complexity index is 979. The number of phenols is 1. The van der Waals surface area contributed by atoms with Gasteiger partial charge >= 0.3 is 0 Å². The first kappa shape index (κ1) is 18.5. The van der Waals surface area contributed by atoms with E-state index in [1.165, 1.54) is 0 Å². The van der Waals surface area contributed by atoms with E-state index in [9.17, 15) is 9.90 Å². The van der Waals surface area contributed by atoms with E-state index in [1.807, 2.05) is 54.6 Å². The molecule has 0 aliphatic heterocycles. The fraction of sp³-hybridized carbons (Fsp3) is 0.182. The number of hydrazone groups is 1. The molecule has 0 saturated heterocycles. The summed E-state index contributed by atoms with van der Waals surface area (Å²) < 4.78 is 5.12. The van der Waals surface area contributed by atoms with E-state index in [0.29, 0.717) is 24.1 Å². The van der Waals surface area contributed by atoms with Crippen LogP contribution in [0.5, 0.6) is 11.5 Å². The van der Waals surface area contributed by atoms with Crippen molar-refractivity contribution in [1.29, 1.82) is 0 Å². The van der Waals surface area contributed by atoms with E-state index < -0.39 is 0 Å². The van der Waals surface area contributed by atoms with Crippen LogP contribution < -0.4 is 10.2 Å². The Morgan fingerprint density at radius 2 is 1.81 bits per heavy atom. The predicted octanol–water partition coefficient (Wildman–Crippen LogP) is 4.03. The fourth-order valence-corrected chi connectivity index (χ4v) is 2.86. The number of benzene rings is 3. The molecule has 0 heterocycles. The summed E-state index contributed by atoms with van der Waals surface area (Å²) in [5.74, 6) is 0.783. The molecule has 138 valence electrons. The first-order valence-corrected chi connectivity index (χ1v) is 8.75. The standard InChI is InChI=1S/C22H22N2O3/c1-15(19-13-10-17-5-3-4-6-20(17)22(19)26)23-24-21(25)14-9-16-7-11-18(27-2)12-8-16/h3-8,10-13,26H,9,14H2,1-2H3,(H,24,25)/b23-15-. The highest BCUT2D eigenvalue weighted by Gasteiger charge is 2.09. The van der Waals surface area contributed by atoms with Crippen LogP contribution in [0.1, 0.15) is 24.5 Å². The number of amides is 1. The molecule has 0 aliphatic rings. The summed E-state index contributed by atoms with van der Waals surface area (Å²) >= 11 is 0. The monoisotopic (exact) mass is 362 g/mol. The number of aryl methyl sites for hydroxylation is 1. The molecular formula is C22H22N2O3. The number of methoxy groups -OCH3 is 1. The van der Waals surface area contributed by atoms with Crippen molar-refractivity contribution in [3.8, 4) is 11.5 Å². The van der Waals surface area contributed by atoms with Gasteiger partial charge in [-0.25, -0.2) is 5.43 Å². The zero-order valence-electron chi connectivity index (χ0n) is 15.4. The van der Waals surface area contributed by atoms with Crippen LogP contribution in [-0.4, -0.2) is 23.8 Å². The molecule has 3 aromatic rings. The number of fused-ring (bicyclic) bond motifs is 1. The number of hydrogen-bond donors (Lipinski definition) is 2. The van der Waals surface area contributed by atoms with E-state index in [2.05, 4.69) is 10.5 Å². The Balaban J connectivity index is 1.62. The van der Waals surface area contributed by atoms with Gasteiger partial charge in [0.1, 0.15) is 11.5 Å². The van der Waals surface area contributed by atoms with Crippen molar-refractivity contribution in [2.75, 3.05) is 7.11 Å². The lowest BCUT2D eigenvalue weighted by molar-refractivity contribution is -0.121. The number of ether oxygens (including phenoxy) is 1. The van der Waals surface area contributed by atoms with Crippen molar-refractivity contribution < 1.29 is 14.6 Å². The van der Waals surface area contributed by atoms with Crippen LogP contribution in [-0.2, 0) is 11.2 Å². The third-order valence-corrected chi connectivity index (χ3v) is 4.44. The topological polar surface area (TPSA) is 70.9 Å². The van der Waals surface area contributed by atoms with Crippen LogP contribution in [0.4, 0.5) is 0 Å². The van der Waals surface area contributed by atoms with Crippen LogP contribution in [0.25, 0.3) is 10.8 Å². The number of phenolic OH excluding ortho intramolecular Hbond substituents is 1. The normalized spacial score (nSPS) is 11.4. The van der Waals surface area contributed by atoms with Gasteiger partial charge in [0.2, 0.25) is 5.91 Å². The van der Waals surface area contributed by atoms with Crippen LogP contribution in [0.2, 0.25) is 0 Å². The number of aromatic hydroxyl groups is 1. The van der Waals surface area contributed by atoms with Gasteiger partial charge in [-0.1, -0.05) is 42.5 Å². The second-order valence-electron chi connectivity index (χ2n) is 6.26. The minimum Gasteiger partial charge on any atom is -0.507 e. The van der Waals surface area contributed by atoms with Crippen LogP contribution in [0.15, 0.2) is 65.8 Å². The van der Waals surface area contributed by atoms with E-state index in [0.717, 1.165) is 22.1 Å². The van der Waals surface area contributed by atoms with Crippen LogP contribution in [0, 0.1) is 0 Å². The summed E-state index contributed by atoms with van der Waals surface area (Å²) in [6.45, 7) is 1.76. The molecule has 3 aromatic carbocycles. The third-order valence-electron chi connectivity index (χ3n) is 4.44. The number of rotatable bonds is 6. The van der Waals surface area contributed by atoms with Gasteiger partial charge in [-0.05, 0) is 42.5 Å². The minimum atomic E-state index is -0.176. The van der Waals surface area contributed by atoms with Gasteiger partial charge in [0.15, 0.2) is 0 Å². The molecule has 0 atom stereocenters. The number of nitrogens with zero attached hydrogens (tertiary/aromatic N) is 1. The van der Waals surface area contributed by atoms with Crippen LogP contribution in [0.3, 0.4) is 0 Å². The van der Waals surface area contributed by atoms with Crippen molar-refractivity contribution >= 4 is 22.4 Å². The average molecular weight is 362 g/mol. The molecule has 0 spiro atoms. The third kappa shape index (κ3) is 4.44. The number of carbonyl (C=O) groups is 1. The lowest BCUT2D eigenvalue weighted by Crippen LogP contribution is -2.19. The molecule has 3 rings (SSSR count). The summed E-state index contributed by atoms with van der Waals surface area (Å²) in [7, 11) is 1.62. The lowest BCUT2D eigenvalue weighted by Gasteiger charge is -2.08. The van der Waals surface area contributed by atoms with Crippen molar-refractivity contribution in [3.05, 3.63) is 71.8 Å². The summed E-state index contributed by atoms with van der Waals surface area (Å²) in [5.41, 5.74) is 4.77. The van der Waals surface area contributed by atoms with E-state index in [-0.39, 0.29) is 11.7 Å². The van der Waals surface area contributed by atoms with Gasteiger partial charge in [0.25, 0.3) is 0 Å². The van der Waals surface area contributed by atoms with Crippen molar-refractivity contribution in [3.63, 3.8) is 0 Å². The van der Waals surface area contributed by atoms with Crippen molar-refractivity contribution in [2.45, 2.75) is 19.8 Å². The highest BCUT2D eigenvalue weighted by molar-refractivity contribution is 6.06. The van der Waals surface area contributed by atoms with Crippen molar-refractivity contribution in [1.82, 2.24) is 5.43 Å². The molecule has 5 heteroatoms. The van der Waals surface area contributed by atoms with Gasteiger partial charge in [-0.2, -0.15) is 5.10 Å². The SMILES string of the molecule is COc1ccc(CCC(=O)N/N=C(/C)c2ccc3ccccc3c2O)cc1. The quantitative estimate of drug-likeness (QED) is 0.514. The van der Waals surface area contributed by atoms with E-state index in [4.69, 9.17) is 4.74 Å². The Labute approximate surface area is 158 Å². The summed E-state index contributed by atoms with van der Waals surface area (Å²) in [4.78, 5) is 12.1. The highest BCUT2D eigenvalue weighted by Crippen LogP contribution is 2.28. The Hall–Kier alpha value is -3.34. The molecular weight excluding hydrogens is 340 g/mol. The first-order valence-electron chi connectivity index (χ1n) is 8.75. The molecule has 0 radical (unpaired) electrons. The molecule has 0 aliphatic carbocycles. The Kier molecular flexibility index (Phi) is 5.71. The van der Waals surface area contributed by atoms with Gasteiger partial charge in [-0.15, -0.1) is 0 Å². The highest BCUT2D eigenvalue weighted by atomic mass is 16.5. The summed E-state index contributed by atoms with van der Waals surface area (Å²) in [6, 6.07) is 18.9. The molecule has 0 aromatic heterocycles. The molecule has 0 bridgehead atoms. The maximum absolute atomic E-state index is 12.1. The van der Waals surface area contributed by atoms with Gasteiger partial charge < -0.3 is 9.84 Å². The molecule has 5 nitrogen and oxygen atoms in total. The van der Waals surface area contributed by atoms with Gasteiger partial charge in [0.05, 0.1) is 12.8 Å². The largest absolute Gasteiger partial charge is 0.507 e. The molecule has 0 unspecified atom stereocenters. The second-order valence-corrected chi connectivity index (χ2v) is 6.26. The van der Waals surface area contributed by atoms with Gasteiger partial charge in [0, 0.05) is 17.4 Å².